The summed E-state index contributed by atoms with van der Waals surface area (Å²) in [5, 5.41) is 8.62. The van der Waals surface area contributed by atoms with Gasteiger partial charge in [0.2, 0.25) is 0 Å². The van der Waals surface area contributed by atoms with Crippen LogP contribution in [0.5, 0.6) is 5.75 Å². The van der Waals surface area contributed by atoms with Gasteiger partial charge in [-0.15, -0.1) is 0 Å². The SMILES string of the molecule is Cc1cc(C(=O)N(F)Cc2ccc(Br)cc2)c(OCC(=O)O)cc1F. The average Bonchev–Trinajstić information content (AvgIpc) is 2.56. The Morgan fingerprint density at radius 2 is 1.88 bits per heavy atom. The van der Waals surface area contributed by atoms with E-state index in [1.165, 1.54) is 6.92 Å². The number of benzene rings is 2. The molecule has 25 heavy (non-hydrogen) atoms. The third-order valence-corrected chi connectivity index (χ3v) is 3.83. The van der Waals surface area contributed by atoms with Gasteiger partial charge in [-0.3, -0.25) is 4.79 Å². The second-order valence-electron chi connectivity index (χ2n) is 5.23. The van der Waals surface area contributed by atoms with E-state index < -0.39 is 24.3 Å². The molecule has 0 aliphatic carbocycles. The van der Waals surface area contributed by atoms with Gasteiger partial charge in [0.1, 0.15) is 11.6 Å². The Morgan fingerprint density at radius 3 is 2.48 bits per heavy atom. The molecule has 5 nitrogen and oxygen atoms in total. The monoisotopic (exact) mass is 413 g/mol. The van der Waals surface area contributed by atoms with Crippen LogP contribution < -0.4 is 4.74 Å². The van der Waals surface area contributed by atoms with E-state index in [2.05, 4.69) is 15.9 Å². The van der Waals surface area contributed by atoms with Crippen molar-refractivity contribution in [2.45, 2.75) is 13.5 Å². The van der Waals surface area contributed by atoms with Gasteiger partial charge in [-0.2, -0.15) is 5.12 Å². The fraction of sp³-hybridized carbons (Fsp3) is 0.176. The molecule has 2 aromatic carbocycles. The highest BCUT2D eigenvalue weighted by Crippen LogP contribution is 2.25. The van der Waals surface area contributed by atoms with E-state index in [1.807, 2.05) is 0 Å². The Kier molecular flexibility index (Phi) is 6.08. The van der Waals surface area contributed by atoms with Crippen LogP contribution >= 0.6 is 15.9 Å². The number of amides is 1. The lowest BCUT2D eigenvalue weighted by Gasteiger charge is -2.16. The zero-order valence-corrected chi connectivity index (χ0v) is 14.7. The zero-order chi connectivity index (χ0) is 18.6. The van der Waals surface area contributed by atoms with Crippen molar-refractivity contribution in [1.29, 1.82) is 0 Å². The number of carboxylic acids is 1. The van der Waals surface area contributed by atoms with Gasteiger partial charge in [-0.05, 0) is 36.2 Å². The minimum absolute atomic E-state index is 0.0382. The standard InChI is InChI=1S/C17H14BrF2NO4/c1-10-6-13(15(7-14(10)19)25-9-16(22)23)17(24)21(20)8-11-2-4-12(18)5-3-11/h2-7H,8-9H2,1H3,(H,22,23). The van der Waals surface area contributed by atoms with E-state index in [1.54, 1.807) is 24.3 Å². The fourth-order valence-corrected chi connectivity index (χ4v) is 2.31. The number of aliphatic carboxylic acids is 1. The van der Waals surface area contributed by atoms with Gasteiger partial charge in [0, 0.05) is 10.5 Å². The van der Waals surface area contributed by atoms with Gasteiger partial charge in [-0.25, -0.2) is 9.18 Å². The summed E-state index contributed by atoms with van der Waals surface area (Å²) >= 11 is 3.26. The zero-order valence-electron chi connectivity index (χ0n) is 13.1. The first-order valence-electron chi connectivity index (χ1n) is 7.14. The van der Waals surface area contributed by atoms with Crippen LogP contribution in [0.4, 0.5) is 8.87 Å². The van der Waals surface area contributed by atoms with Gasteiger partial charge >= 0.3 is 5.97 Å². The van der Waals surface area contributed by atoms with E-state index in [4.69, 9.17) is 9.84 Å². The molecule has 0 fully saturated rings. The van der Waals surface area contributed by atoms with E-state index in [9.17, 15) is 18.5 Å². The molecular weight excluding hydrogens is 400 g/mol. The van der Waals surface area contributed by atoms with Gasteiger partial charge < -0.3 is 9.84 Å². The molecular formula is C17H14BrF2NO4. The number of ether oxygens (including phenoxy) is 1. The molecule has 0 aliphatic heterocycles. The summed E-state index contributed by atoms with van der Waals surface area (Å²) in [7, 11) is 0. The molecule has 1 amide bonds. The molecule has 0 aromatic heterocycles. The molecule has 2 aromatic rings. The maximum atomic E-state index is 14.3. The second-order valence-corrected chi connectivity index (χ2v) is 6.15. The molecule has 0 atom stereocenters. The molecule has 0 aliphatic rings. The fourth-order valence-electron chi connectivity index (χ4n) is 2.04. The molecule has 0 heterocycles. The van der Waals surface area contributed by atoms with E-state index in [0.717, 1.165) is 16.6 Å². The van der Waals surface area contributed by atoms with Gasteiger partial charge in [0.15, 0.2) is 6.61 Å². The number of carbonyl (C=O) groups excluding carboxylic acids is 1. The van der Waals surface area contributed by atoms with Gasteiger partial charge in [0.25, 0.3) is 5.91 Å². The van der Waals surface area contributed by atoms with Crippen molar-refractivity contribution in [3.8, 4) is 5.75 Å². The molecule has 0 radical (unpaired) electrons. The number of halogens is 3. The summed E-state index contributed by atoms with van der Waals surface area (Å²) in [5.74, 6) is -3.36. The lowest BCUT2D eigenvalue weighted by atomic mass is 10.1. The van der Waals surface area contributed by atoms with Crippen LogP contribution in [-0.2, 0) is 11.3 Å². The van der Waals surface area contributed by atoms with Crippen LogP contribution in [0.2, 0.25) is 0 Å². The van der Waals surface area contributed by atoms with Crippen molar-refractivity contribution in [3.63, 3.8) is 0 Å². The summed E-state index contributed by atoms with van der Waals surface area (Å²) < 4.78 is 33.7. The minimum atomic E-state index is -1.30. The molecule has 0 saturated heterocycles. The maximum absolute atomic E-state index is 14.3. The first-order chi connectivity index (χ1) is 11.8. The topological polar surface area (TPSA) is 66.8 Å². The summed E-state index contributed by atoms with van der Waals surface area (Å²) in [5.41, 5.74) is 0.411. The van der Waals surface area contributed by atoms with Crippen molar-refractivity contribution in [3.05, 3.63) is 63.4 Å². The second kappa shape index (κ2) is 8.06. The molecule has 2 rings (SSSR count). The number of carbonyl (C=O) groups is 2. The first kappa shape index (κ1) is 18.9. The first-order valence-corrected chi connectivity index (χ1v) is 7.94. The largest absolute Gasteiger partial charge is 0.481 e. The predicted octanol–water partition coefficient (Wildman–Crippen LogP) is 3.89. The summed E-state index contributed by atoms with van der Waals surface area (Å²) in [6.07, 6.45) is 0. The van der Waals surface area contributed by atoms with Gasteiger partial charge in [-0.1, -0.05) is 32.5 Å². The normalized spacial score (nSPS) is 10.4. The van der Waals surface area contributed by atoms with Crippen molar-refractivity contribution in [1.82, 2.24) is 5.12 Å². The van der Waals surface area contributed by atoms with Gasteiger partial charge in [0.05, 0.1) is 12.1 Å². The summed E-state index contributed by atoms with van der Waals surface area (Å²) in [4.78, 5) is 23.0. The number of rotatable bonds is 6. The van der Waals surface area contributed by atoms with Crippen LogP contribution in [0.15, 0.2) is 40.9 Å². The maximum Gasteiger partial charge on any atom is 0.341 e. The molecule has 132 valence electrons. The molecule has 0 spiro atoms. The van der Waals surface area contributed by atoms with E-state index >= 15 is 0 Å². The summed E-state index contributed by atoms with van der Waals surface area (Å²) in [6, 6.07) is 8.69. The van der Waals surface area contributed by atoms with Crippen molar-refractivity contribution < 1.29 is 28.3 Å². The Morgan fingerprint density at radius 1 is 1.24 bits per heavy atom. The van der Waals surface area contributed by atoms with Crippen molar-refractivity contribution in [2.24, 2.45) is 0 Å². The third kappa shape index (κ3) is 4.99. The molecule has 0 bridgehead atoms. The number of hydrogen-bond donors (Lipinski definition) is 1. The molecule has 8 heteroatoms. The Bertz CT molecular complexity index is 796. The van der Waals surface area contributed by atoms with Crippen LogP contribution in [0.1, 0.15) is 21.5 Å². The van der Waals surface area contributed by atoms with Crippen LogP contribution in [-0.4, -0.2) is 28.7 Å². The highest BCUT2D eigenvalue weighted by Gasteiger charge is 2.22. The molecule has 0 unspecified atom stereocenters. The Hall–Kier alpha value is -2.48. The van der Waals surface area contributed by atoms with Crippen molar-refractivity contribution >= 4 is 27.8 Å². The lowest BCUT2D eigenvalue weighted by molar-refractivity contribution is -0.139. The van der Waals surface area contributed by atoms with E-state index in [-0.39, 0.29) is 28.5 Å². The molecule has 1 N–H and O–H groups in total. The predicted molar refractivity (Wildman–Crippen MR) is 89.4 cm³/mol. The van der Waals surface area contributed by atoms with Crippen LogP contribution in [0.3, 0.4) is 0 Å². The third-order valence-electron chi connectivity index (χ3n) is 3.30. The number of carboxylic acid groups (broad SMARTS) is 1. The quantitative estimate of drug-likeness (QED) is 0.729. The Labute approximate surface area is 150 Å². The number of hydrogen-bond acceptors (Lipinski definition) is 3. The van der Waals surface area contributed by atoms with Crippen LogP contribution in [0.25, 0.3) is 0 Å². The highest BCUT2D eigenvalue weighted by atomic mass is 79.9. The molecule has 0 saturated carbocycles. The van der Waals surface area contributed by atoms with E-state index in [0.29, 0.717) is 5.56 Å². The smallest absolute Gasteiger partial charge is 0.341 e. The number of aryl methyl sites for hydroxylation is 1. The summed E-state index contributed by atoms with van der Waals surface area (Å²) in [6.45, 7) is 0.313. The van der Waals surface area contributed by atoms with Crippen LogP contribution in [0, 0.1) is 12.7 Å². The lowest BCUT2D eigenvalue weighted by Crippen LogP contribution is -2.24. The average molecular weight is 414 g/mol. The highest BCUT2D eigenvalue weighted by molar-refractivity contribution is 9.10. The minimum Gasteiger partial charge on any atom is -0.481 e. The Balaban J connectivity index is 2.25. The number of nitrogens with zero attached hydrogens (tertiary/aromatic N) is 1. The van der Waals surface area contributed by atoms with Crippen molar-refractivity contribution in [2.75, 3.05) is 6.61 Å².